The Labute approximate surface area is 140 Å². The first-order chi connectivity index (χ1) is 11.6. The fraction of sp³-hybridized carbons (Fsp3) is 0.211. The third-order valence-electron chi connectivity index (χ3n) is 4.81. The van der Waals surface area contributed by atoms with Gasteiger partial charge in [-0.3, -0.25) is 4.79 Å². The maximum atomic E-state index is 11.2. The van der Waals surface area contributed by atoms with Gasteiger partial charge in [-0.15, -0.1) is 10.2 Å². The molecular formula is C19H18N4O. The maximum Gasteiger partial charge on any atom is 0.248 e. The summed E-state index contributed by atoms with van der Waals surface area (Å²) in [4.78, 5) is 11.2. The van der Waals surface area contributed by atoms with Crippen LogP contribution in [0.2, 0.25) is 0 Å². The molecule has 1 amide bonds. The quantitative estimate of drug-likeness (QED) is 0.803. The molecule has 2 N–H and O–H groups in total. The van der Waals surface area contributed by atoms with E-state index in [1.165, 1.54) is 5.56 Å². The van der Waals surface area contributed by atoms with Crippen molar-refractivity contribution in [1.29, 1.82) is 0 Å². The zero-order valence-corrected chi connectivity index (χ0v) is 13.4. The zero-order chi connectivity index (χ0) is 16.7. The van der Waals surface area contributed by atoms with Gasteiger partial charge < -0.3 is 10.3 Å². The van der Waals surface area contributed by atoms with Gasteiger partial charge >= 0.3 is 0 Å². The maximum absolute atomic E-state index is 11.2. The monoisotopic (exact) mass is 318 g/mol. The van der Waals surface area contributed by atoms with Gasteiger partial charge in [-0.1, -0.05) is 42.5 Å². The summed E-state index contributed by atoms with van der Waals surface area (Å²) in [5.74, 6) is 1.35. The van der Waals surface area contributed by atoms with Crippen LogP contribution in [0.1, 0.15) is 34.6 Å². The molecule has 1 aromatic heterocycles. The molecule has 5 nitrogen and oxygen atoms in total. The van der Waals surface area contributed by atoms with E-state index < -0.39 is 5.91 Å². The Bertz CT molecular complexity index is 893. The van der Waals surface area contributed by atoms with Gasteiger partial charge in [0.15, 0.2) is 5.82 Å². The standard InChI is InChI=1S/C19H18N4O/c1-23-17(14-9-7-13(8-10-14)16(20)24)21-22-18(23)19(11-12-19)15-5-3-2-4-6-15/h2-10H,11-12H2,1H3,(H2,20,24). The summed E-state index contributed by atoms with van der Waals surface area (Å²) in [6.45, 7) is 0. The Morgan fingerprint density at radius 1 is 1.04 bits per heavy atom. The third kappa shape index (κ3) is 2.21. The van der Waals surface area contributed by atoms with Gasteiger partial charge in [-0.05, 0) is 30.5 Å². The second-order valence-electron chi connectivity index (χ2n) is 6.30. The normalized spacial score (nSPS) is 15.2. The van der Waals surface area contributed by atoms with Gasteiger partial charge in [0.2, 0.25) is 5.91 Å². The van der Waals surface area contributed by atoms with Crippen LogP contribution < -0.4 is 5.73 Å². The van der Waals surface area contributed by atoms with Crippen LogP contribution in [0, 0.1) is 0 Å². The van der Waals surface area contributed by atoms with E-state index in [4.69, 9.17) is 5.73 Å². The lowest BCUT2D eigenvalue weighted by Crippen LogP contribution is -2.15. The van der Waals surface area contributed by atoms with Crippen molar-refractivity contribution < 1.29 is 4.79 Å². The highest BCUT2D eigenvalue weighted by atomic mass is 16.1. The summed E-state index contributed by atoms with van der Waals surface area (Å²) in [6, 6.07) is 17.6. The van der Waals surface area contributed by atoms with Crippen molar-refractivity contribution in [3.63, 3.8) is 0 Å². The highest BCUT2D eigenvalue weighted by molar-refractivity contribution is 5.93. The molecule has 0 radical (unpaired) electrons. The average Bonchev–Trinajstić information content (AvgIpc) is 3.33. The zero-order valence-electron chi connectivity index (χ0n) is 13.4. The second-order valence-corrected chi connectivity index (χ2v) is 6.30. The van der Waals surface area contributed by atoms with Crippen LogP contribution in [-0.4, -0.2) is 20.7 Å². The Balaban J connectivity index is 1.73. The summed E-state index contributed by atoms with van der Waals surface area (Å²) >= 11 is 0. The number of amides is 1. The van der Waals surface area contributed by atoms with E-state index in [1.54, 1.807) is 12.1 Å². The fourth-order valence-corrected chi connectivity index (χ4v) is 3.30. The fourth-order valence-electron chi connectivity index (χ4n) is 3.30. The molecule has 0 bridgehead atoms. The lowest BCUT2D eigenvalue weighted by Gasteiger charge is -2.15. The molecule has 4 rings (SSSR count). The van der Waals surface area contributed by atoms with Crippen LogP contribution in [0.15, 0.2) is 54.6 Å². The van der Waals surface area contributed by atoms with Crippen molar-refractivity contribution in [2.75, 3.05) is 0 Å². The van der Waals surface area contributed by atoms with E-state index in [-0.39, 0.29) is 5.41 Å². The first-order valence-electron chi connectivity index (χ1n) is 7.97. The molecule has 0 aliphatic heterocycles. The van der Waals surface area contributed by atoms with Crippen molar-refractivity contribution in [1.82, 2.24) is 14.8 Å². The van der Waals surface area contributed by atoms with Crippen molar-refractivity contribution in [3.8, 4) is 11.4 Å². The topological polar surface area (TPSA) is 73.8 Å². The predicted molar refractivity (Wildman–Crippen MR) is 91.4 cm³/mol. The van der Waals surface area contributed by atoms with Crippen molar-refractivity contribution in [2.24, 2.45) is 12.8 Å². The lowest BCUT2D eigenvalue weighted by atomic mass is 9.95. The van der Waals surface area contributed by atoms with E-state index >= 15 is 0 Å². The molecule has 1 saturated carbocycles. The molecule has 0 saturated heterocycles. The van der Waals surface area contributed by atoms with E-state index in [0.717, 1.165) is 30.1 Å². The first-order valence-corrected chi connectivity index (χ1v) is 7.97. The molecule has 1 heterocycles. The van der Waals surface area contributed by atoms with Crippen LogP contribution in [0.5, 0.6) is 0 Å². The second kappa shape index (κ2) is 5.30. The highest BCUT2D eigenvalue weighted by Crippen LogP contribution is 2.52. The Morgan fingerprint density at radius 2 is 1.71 bits per heavy atom. The Hall–Kier alpha value is -2.95. The first kappa shape index (κ1) is 14.6. The molecule has 120 valence electrons. The van der Waals surface area contributed by atoms with Crippen LogP contribution >= 0.6 is 0 Å². The highest BCUT2D eigenvalue weighted by Gasteiger charge is 2.49. The summed E-state index contributed by atoms with van der Waals surface area (Å²) in [6.07, 6.45) is 2.17. The van der Waals surface area contributed by atoms with E-state index in [0.29, 0.717) is 5.56 Å². The molecule has 5 heteroatoms. The minimum Gasteiger partial charge on any atom is -0.366 e. The number of nitrogens with two attached hydrogens (primary N) is 1. The minimum absolute atomic E-state index is 0.0194. The van der Waals surface area contributed by atoms with Crippen molar-refractivity contribution >= 4 is 5.91 Å². The molecule has 3 aromatic rings. The number of nitrogens with zero attached hydrogens (tertiary/aromatic N) is 3. The minimum atomic E-state index is -0.429. The van der Waals surface area contributed by atoms with E-state index in [9.17, 15) is 4.79 Å². The lowest BCUT2D eigenvalue weighted by molar-refractivity contribution is 0.100. The Morgan fingerprint density at radius 3 is 2.29 bits per heavy atom. The molecule has 2 aromatic carbocycles. The number of hydrogen-bond acceptors (Lipinski definition) is 3. The molecule has 24 heavy (non-hydrogen) atoms. The number of rotatable bonds is 4. The van der Waals surface area contributed by atoms with Crippen LogP contribution in [-0.2, 0) is 12.5 Å². The largest absolute Gasteiger partial charge is 0.366 e. The molecule has 1 aliphatic rings. The van der Waals surface area contributed by atoms with E-state index in [1.807, 2.05) is 25.2 Å². The van der Waals surface area contributed by atoms with Crippen LogP contribution in [0.25, 0.3) is 11.4 Å². The third-order valence-corrected chi connectivity index (χ3v) is 4.81. The molecule has 0 unspecified atom stereocenters. The summed E-state index contributed by atoms with van der Waals surface area (Å²) < 4.78 is 2.05. The number of aromatic nitrogens is 3. The number of hydrogen-bond donors (Lipinski definition) is 1. The summed E-state index contributed by atoms with van der Waals surface area (Å²) in [5.41, 5.74) is 7.97. The summed E-state index contributed by atoms with van der Waals surface area (Å²) in [7, 11) is 2.00. The van der Waals surface area contributed by atoms with Crippen LogP contribution in [0.4, 0.5) is 0 Å². The number of carbonyl (C=O) groups is 1. The SMILES string of the molecule is Cn1c(-c2ccc(C(N)=O)cc2)nnc1C1(c2ccccc2)CC1. The van der Waals surface area contributed by atoms with Gasteiger partial charge in [0, 0.05) is 18.2 Å². The van der Waals surface area contributed by atoms with Gasteiger partial charge in [-0.25, -0.2) is 0 Å². The Kier molecular flexibility index (Phi) is 3.23. The summed E-state index contributed by atoms with van der Waals surface area (Å²) in [5, 5.41) is 8.87. The number of carbonyl (C=O) groups excluding carboxylic acids is 1. The molecular weight excluding hydrogens is 300 g/mol. The van der Waals surface area contributed by atoms with Gasteiger partial charge in [0.25, 0.3) is 0 Å². The molecule has 0 spiro atoms. The molecule has 0 atom stereocenters. The molecule has 1 fully saturated rings. The smallest absolute Gasteiger partial charge is 0.248 e. The number of benzene rings is 2. The molecule has 1 aliphatic carbocycles. The average molecular weight is 318 g/mol. The van der Waals surface area contributed by atoms with Gasteiger partial charge in [-0.2, -0.15) is 0 Å². The van der Waals surface area contributed by atoms with E-state index in [2.05, 4.69) is 39.0 Å². The van der Waals surface area contributed by atoms with Crippen molar-refractivity contribution in [3.05, 3.63) is 71.5 Å². The van der Waals surface area contributed by atoms with Crippen LogP contribution in [0.3, 0.4) is 0 Å². The van der Waals surface area contributed by atoms with Gasteiger partial charge in [0.05, 0.1) is 5.41 Å². The van der Waals surface area contributed by atoms with Gasteiger partial charge in [0.1, 0.15) is 5.82 Å². The number of primary amides is 1. The van der Waals surface area contributed by atoms with Crippen molar-refractivity contribution in [2.45, 2.75) is 18.3 Å². The predicted octanol–water partition coefficient (Wildman–Crippen LogP) is 2.66.